The van der Waals surface area contributed by atoms with Crippen molar-refractivity contribution in [1.29, 1.82) is 0 Å². The highest BCUT2D eigenvalue weighted by Gasteiger charge is 2.05. The molecule has 17 heavy (non-hydrogen) atoms. The maximum atomic E-state index is 5.98. The summed E-state index contributed by atoms with van der Waals surface area (Å²) in [6.07, 6.45) is 3.85. The Morgan fingerprint density at radius 2 is 2.35 bits per heavy atom. The number of hydrogen-bond donors (Lipinski definition) is 1. The SMILES string of the molecule is CC(C)n1cc(NCc2cc(Br)c(Cl)s2)cn1. The first-order valence-electron chi connectivity index (χ1n) is 5.28. The summed E-state index contributed by atoms with van der Waals surface area (Å²) in [6, 6.07) is 2.42. The molecule has 0 unspecified atom stereocenters. The molecule has 0 atom stereocenters. The van der Waals surface area contributed by atoms with Gasteiger partial charge in [-0.2, -0.15) is 5.10 Å². The number of nitrogens with zero attached hydrogens (tertiary/aromatic N) is 2. The Balaban J connectivity index is 1.97. The van der Waals surface area contributed by atoms with E-state index in [0.717, 1.165) is 21.0 Å². The van der Waals surface area contributed by atoms with Crippen LogP contribution in [0.5, 0.6) is 0 Å². The molecule has 2 rings (SSSR count). The molecule has 2 aromatic heterocycles. The van der Waals surface area contributed by atoms with E-state index in [9.17, 15) is 0 Å². The van der Waals surface area contributed by atoms with E-state index >= 15 is 0 Å². The second kappa shape index (κ2) is 5.42. The lowest BCUT2D eigenvalue weighted by molar-refractivity contribution is 0.532. The van der Waals surface area contributed by atoms with Crippen molar-refractivity contribution in [2.75, 3.05) is 5.32 Å². The van der Waals surface area contributed by atoms with Crippen LogP contribution in [0, 0.1) is 0 Å². The molecular formula is C11H13BrClN3S. The smallest absolute Gasteiger partial charge is 0.107 e. The highest BCUT2D eigenvalue weighted by molar-refractivity contribution is 9.10. The summed E-state index contributed by atoms with van der Waals surface area (Å²) in [6.45, 7) is 4.97. The number of nitrogens with one attached hydrogen (secondary N) is 1. The first-order valence-corrected chi connectivity index (χ1v) is 7.26. The molecule has 0 aliphatic heterocycles. The Morgan fingerprint density at radius 1 is 1.59 bits per heavy atom. The summed E-state index contributed by atoms with van der Waals surface area (Å²) in [5.41, 5.74) is 1.03. The van der Waals surface area contributed by atoms with Gasteiger partial charge in [-0.05, 0) is 35.8 Å². The lowest BCUT2D eigenvalue weighted by Crippen LogP contribution is -2.00. The Bertz CT molecular complexity index is 487. The zero-order valence-corrected chi connectivity index (χ0v) is 12.7. The van der Waals surface area contributed by atoms with Gasteiger partial charge in [0.05, 0.1) is 11.9 Å². The minimum absolute atomic E-state index is 0.385. The number of rotatable bonds is 4. The van der Waals surface area contributed by atoms with Gasteiger partial charge in [0.25, 0.3) is 0 Å². The van der Waals surface area contributed by atoms with Crippen LogP contribution in [-0.4, -0.2) is 9.78 Å². The van der Waals surface area contributed by atoms with Crippen LogP contribution < -0.4 is 5.32 Å². The van der Waals surface area contributed by atoms with Crippen LogP contribution in [-0.2, 0) is 6.54 Å². The summed E-state index contributed by atoms with van der Waals surface area (Å²) in [4.78, 5) is 1.19. The van der Waals surface area contributed by atoms with E-state index in [1.54, 1.807) is 11.3 Å². The maximum Gasteiger partial charge on any atom is 0.107 e. The molecule has 0 radical (unpaired) electrons. The Morgan fingerprint density at radius 3 is 2.88 bits per heavy atom. The largest absolute Gasteiger partial charge is 0.378 e. The topological polar surface area (TPSA) is 29.9 Å². The first kappa shape index (κ1) is 12.9. The van der Waals surface area contributed by atoms with Crippen molar-refractivity contribution in [3.63, 3.8) is 0 Å². The average molecular weight is 335 g/mol. The molecule has 3 nitrogen and oxygen atoms in total. The van der Waals surface area contributed by atoms with Crippen molar-refractivity contribution in [2.24, 2.45) is 0 Å². The van der Waals surface area contributed by atoms with Crippen LogP contribution in [0.4, 0.5) is 5.69 Å². The molecule has 6 heteroatoms. The predicted octanol–water partition coefficient (Wildman–Crippen LogP) is 4.55. The van der Waals surface area contributed by atoms with E-state index in [0.29, 0.717) is 6.04 Å². The fourth-order valence-corrected chi connectivity index (χ4v) is 3.11. The molecule has 92 valence electrons. The number of thiophene rings is 1. The van der Waals surface area contributed by atoms with Gasteiger partial charge in [0.1, 0.15) is 4.34 Å². The molecule has 0 fully saturated rings. The Hall–Kier alpha value is -0.520. The Labute approximate surface area is 118 Å². The number of aromatic nitrogens is 2. The average Bonchev–Trinajstić information content (AvgIpc) is 2.84. The highest BCUT2D eigenvalue weighted by Crippen LogP contribution is 2.32. The van der Waals surface area contributed by atoms with Gasteiger partial charge in [-0.3, -0.25) is 4.68 Å². The van der Waals surface area contributed by atoms with E-state index in [1.807, 2.05) is 23.1 Å². The van der Waals surface area contributed by atoms with Gasteiger partial charge in [-0.15, -0.1) is 11.3 Å². The molecule has 2 aromatic rings. The third-order valence-corrected chi connectivity index (χ3v) is 4.77. The van der Waals surface area contributed by atoms with Gasteiger partial charge < -0.3 is 5.32 Å². The third-order valence-electron chi connectivity index (χ3n) is 2.29. The van der Waals surface area contributed by atoms with Crippen molar-refractivity contribution < 1.29 is 0 Å². The molecule has 0 aliphatic rings. The van der Waals surface area contributed by atoms with Crippen LogP contribution in [0.3, 0.4) is 0 Å². The second-order valence-electron chi connectivity index (χ2n) is 3.99. The van der Waals surface area contributed by atoms with E-state index in [-0.39, 0.29) is 0 Å². The van der Waals surface area contributed by atoms with Crippen molar-refractivity contribution in [3.05, 3.63) is 32.1 Å². The maximum absolute atomic E-state index is 5.98. The lowest BCUT2D eigenvalue weighted by Gasteiger charge is -2.03. The van der Waals surface area contributed by atoms with Crippen LogP contribution in [0.1, 0.15) is 24.8 Å². The summed E-state index contributed by atoms with van der Waals surface area (Å²) < 4.78 is 3.68. The van der Waals surface area contributed by atoms with Gasteiger partial charge >= 0.3 is 0 Å². The molecule has 0 saturated carbocycles. The standard InChI is InChI=1S/C11H13BrClN3S/c1-7(2)16-6-8(4-15-16)14-5-9-3-10(12)11(13)17-9/h3-4,6-7,14H,5H2,1-2H3. The summed E-state index contributed by atoms with van der Waals surface area (Å²) in [7, 11) is 0. The van der Waals surface area contributed by atoms with E-state index < -0.39 is 0 Å². The van der Waals surface area contributed by atoms with Gasteiger partial charge in [0, 0.05) is 28.1 Å². The Kier molecular flexibility index (Phi) is 4.12. The second-order valence-corrected chi connectivity index (χ2v) is 6.58. The van der Waals surface area contributed by atoms with Crippen molar-refractivity contribution >= 4 is 44.6 Å². The molecule has 1 N–H and O–H groups in total. The minimum atomic E-state index is 0.385. The highest BCUT2D eigenvalue weighted by atomic mass is 79.9. The molecule has 0 saturated heterocycles. The predicted molar refractivity (Wildman–Crippen MR) is 77.0 cm³/mol. The molecule has 0 bridgehead atoms. The van der Waals surface area contributed by atoms with Crippen LogP contribution in [0.2, 0.25) is 4.34 Å². The quantitative estimate of drug-likeness (QED) is 0.888. The van der Waals surface area contributed by atoms with E-state index in [2.05, 4.69) is 40.2 Å². The monoisotopic (exact) mass is 333 g/mol. The van der Waals surface area contributed by atoms with Crippen molar-refractivity contribution in [3.8, 4) is 0 Å². The van der Waals surface area contributed by atoms with E-state index in [1.165, 1.54) is 4.88 Å². The summed E-state index contributed by atoms with van der Waals surface area (Å²) in [5, 5.41) is 7.60. The zero-order valence-electron chi connectivity index (χ0n) is 9.58. The van der Waals surface area contributed by atoms with Gasteiger partial charge in [0.2, 0.25) is 0 Å². The van der Waals surface area contributed by atoms with Gasteiger partial charge in [0.15, 0.2) is 0 Å². The van der Waals surface area contributed by atoms with Crippen molar-refractivity contribution in [2.45, 2.75) is 26.4 Å². The fraction of sp³-hybridized carbons (Fsp3) is 0.364. The molecule has 0 spiro atoms. The summed E-state index contributed by atoms with van der Waals surface area (Å²) in [5.74, 6) is 0. The number of anilines is 1. The van der Waals surface area contributed by atoms with Crippen LogP contribution in [0.25, 0.3) is 0 Å². The van der Waals surface area contributed by atoms with Gasteiger partial charge in [-0.1, -0.05) is 11.6 Å². The molecular weight excluding hydrogens is 322 g/mol. The normalized spacial score (nSPS) is 11.1. The summed E-state index contributed by atoms with van der Waals surface area (Å²) >= 11 is 11.0. The number of halogens is 2. The first-order chi connectivity index (χ1) is 8.06. The fourth-order valence-electron chi connectivity index (χ4n) is 1.38. The molecule has 0 aromatic carbocycles. The third kappa shape index (κ3) is 3.24. The van der Waals surface area contributed by atoms with E-state index in [4.69, 9.17) is 11.6 Å². The number of hydrogen-bond acceptors (Lipinski definition) is 3. The van der Waals surface area contributed by atoms with Gasteiger partial charge in [-0.25, -0.2) is 0 Å². The van der Waals surface area contributed by atoms with Crippen LogP contribution in [0.15, 0.2) is 22.9 Å². The van der Waals surface area contributed by atoms with Crippen LogP contribution >= 0.6 is 38.9 Å². The molecule has 0 amide bonds. The minimum Gasteiger partial charge on any atom is -0.378 e. The lowest BCUT2D eigenvalue weighted by atomic mass is 10.4. The molecule has 2 heterocycles. The zero-order chi connectivity index (χ0) is 12.4. The molecule has 0 aliphatic carbocycles. The van der Waals surface area contributed by atoms with Crippen molar-refractivity contribution in [1.82, 2.24) is 9.78 Å².